The van der Waals surface area contributed by atoms with Crippen molar-refractivity contribution in [2.45, 2.75) is 13.1 Å². The number of fused-ring (bicyclic) bond motifs is 1. The van der Waals surface area contributed by atoms with E-state index in [1.54, 1.807) is 0 Å². The van der Waals surface area contributed by atoms with Crippen LogP contribution in [0.5, 0.6) is 0 Å². The molecule has 0 spiro atoms. The van der Waals surface area contributed by atoms with Crippen LogP contribution < -0.4 is 15.1 Å². The molecule has 32 heavy (non-hydrogen) atoms. The third-order valence-electron chi connectivity index (χ3n) is 6.58. The molecule has 1 fully saturated rings. The highest BCUT2D eigenvalue weighted by Crippen LogP contribution is 2.33. The van der Waals surface area contributed by atoms with Crippen LogP contribution in [-0.2, 0) is 0 Å². The van der Waals surface area contributed by atoms with Crippen molar-refractivity contribution in [1.29, 1.82) is 0 Å². The molecule has 2 aliphatic rings. The van der Waals surface area contributed by atoms with Crippen molar-refractivity contribution in [3.05, 3.63) is 95.6 Å². The van der Waals surface area contributed by atoms with E-state index in [1.165, 1.54) is 11.3 Å². The van der Waals surface area contributed by atoms with Gasteiger partial charge in [0.25, 0.3) is 5.91 Å². The van der Waals surface area contributed by atoms with E-state index in [0.29, 0.717) is 0 Å². The fourth-order valence-corrected chi connectivity index (χ4v) is 4.71. The molecule has 1 saturated heterocycles. The van der Waals surface area contributed by atoms with E-state index in [2.05, 4.69) is 87.6 Å². The summed E-state index contributed by atoms with van der Waals surface area (Å²) < 4.78 is 0. The Balaban J connectivity index is 1.30. The Morgan fingerprint density at radius 2 is 1.50 bits per heavy atom. The lowest BCUT2D eigenvalue weighted by molar-refractivity contribution is 0.0925. The molecular weight excluding hydrogens is 396 g/mol. The topological polar surface area (TPSA) is 38.8 Å². The summed E-state index contributed by atoms with van der Waals surface area (Å²) in [5.74, 6) is -0.00102. The fraction of sp³-hybridized carbons (Fsp3) is 0.296. The van der Waals surface area contributed by atoms with Crippen molar-refractivity contribution in [3.8, 4) is 0 Å². The van der Waals surface area contributed by atoms with E-state index in [1.807, 2.05) is 18.2 Å². The predicted molar refractivity (Wildman–Crippen MR) is 130 cm³/mol. The Kier molecular flexibility index (Phi) is 5.82. The third-order valence-corrected chi connectivity index (χ3v) is 6.58. The van der Waals surface area contributed by atoms with Crippen LogP contribution in [0.25, 0.3) is 0 Å². The number of nitrogens with zero attached hydrogens (tertiary/aromatic N) is 3. The molecule has 1 atom stereocenters. The number of para-hydroxylation sites is 2. The minimum Gasteiger partial charge on any atom is -0.369 e. The van der Waals surface area contributed by atoms with Crippen LogP contribution in [0, 0.1) is 6.92 Å². The second kappa shape index (κ2) is 9.05. The number of rotatable bonds is 5. The van der Waals surface area contributed by atoms with Crippen LogP contribution in [0.15, 0.2) is 78.9 Å². The van der Waals surface area contributed by atoms with Crippen molar-refractivity contribution < 1.29 is 4.79 Å². The van der Waals surface area contributed by atoms with Gasteiger partial charge in [-0.1, -0.05) is 60.2 Å². The summed E-state index contributed by atoms with van der Waals surface area (Å²) in [6.45, 7) is 8.09. The SMILES string of the molecule is Cc1ccc(C2NC(=O)c3ccccc3N2CCN2CCN(c3ccccc3)CC2)cc1. The van der Waals surface area contributed by atoms with Gasteiger partial charge < -0.3 is 15.1 Å². The van der Waals surface area contributed by atoms with Gasteiger partial charge >= 0.3 is 0 Å². The lowest BCUT2D eigenvalue weighted by Gasteiger charge is -2.41. The monoisotopic (exact) mass is 426 g/mol. The summed E-state index contributed by atoms with van der Waals surface area (Å²) in [7, 11) is 0. The van der Waals surface area contributed by atoms with E-state index < -0.39 is 0 Å². The van der Waals surface area contributed by atoms with Crippen molar-refractivity contribution >= 4 is 17.3 Å². The minimum absolute atomic E-state index is 0.00102. The molecule has 0 bridgehead atoms. The molecule has 1 N–H and O–H groups in total. The maximum absolute atomic E-state index is 12.8. The zero-order valence-electron chi connectivity index (χ0n) is 18.6. The highest BCUT2D eigenvalue weighted by atomic mass is 16.2. The lowest BCUT2D eigenvalue weighted by atomic mass is 10.0. The Labute approximate surface area is 190 Å². The lowest BCUT2D eigenvalue weighted by Crippen LogP contribution is -2.52. The van der Waals surface area contributed by atoms with Crippen molar-refractivity contribution in [2.75, 3.05) is 49.1 Å². The van der Waals surface area contributed by atoms with Gasteiger partial charge in [-0.25, -0.2) is 0 Å². The van der Waals surface area contributed by atoms with Crippen LogP contribution in [0.3, 0.4) is 0 Å². The standard InChI is InChI=1S/C27H30N4O/c1-21-11-13-22(14-12-21)26-28-27(32)24-9-5-6-10-25(24)31(26)20-17-29-15-18-30(19-16-29)23-7-3-2-4-8-23/h2-14,26H,15-20H2,1H3,(H,28,32). The number of aryl methyl sites for hydroxylation is 1. The van der Waals surface area contributed by atoms with Gasteiger partial charge in [0.05, 0.1) is 11.3 Å². The van der Waals surface area contributed by atoms with Gasteiger partial charge in [0.15, 0.2) is 0 Å². The molecule has 2 heterocycles. The average Bonchev–Trinajstić information content (AvgIpc) is 2.85. The minimum atomic E-state index is -0.149. The molecule has 5 heteroatoms. The number of benzene rings is 3. The predicted octanol–water partition coefficient (Wildman–Crippen LogP) is 4.07. The van der Waals surface area contributed by atoms with Gasteiger partial charge in [-0.3, -0.25) is 9.69 Å². The summed E-state index contributed by atoms with van der Waals surface area (Å²) in [6, 6.07) is 27.1. The zero-order chi connectivity index (χ0) is 21.9. The maximum atomic E-state index is 12.8. The molecular formula is C27H30N4O. The van der Waals surface area contributed by atoms with Gasteiger partial charge in [0, 0.05) is 45.0 Å². The number of hydrogen-bond donors (Lipinski definition) is 1. The molecule has 3 aromatic rings. The van der Waals surface area contributed by atoms with E-state index in [4.69, 9.17) is 0 Å². The summed E-state index contributed by atoms with van der Waals surface area (Å²) >= 11 is 0. The van der Waals surface area contributed by atoms with Crippen LogP contribution in [0.2, 0.25) is 0 Å². The highest BCUT2D eigenvalue weighted by Gasteiger charge is 2.31. The number of piperazine rings is 1. The Hall–Kier alpha value is -3.31. The maximum Gasteiger partial charge on any atom is 0.255 e. The van der Waals surface area contributed by atoms with E-state index >= 15 is 0 Å². The molecule has 0 radical (unpaired) electrons. The summed E-state index contributed by atoms with van der Waals surface area (Å²) in [4.78, 5) is 20.1. The number of carbonyl (C=O) groups is 1. The van der Waals surface area contributed by atoms with E-state index in [0.717, 1.165) is 56.1 Å². The quantitative estimate of drug-likeness (QED) is 0.668. The normalized spacial score (nSPS) is 18.9. The summed E-state index contributed by atoms with van der Waals surface area (Å²) in [5, 5.41) is 3.23. The third kappa shape index (κ3) is 4.21. The first-order valence-electron chi connectivity index (χ1n) is 11.4. The largest absolute Gasteiger partial charge is 0.369 e. The van der Waals surface area contributed by atoms with Gasteiger partial charge in [0.2, 0.25) is 0 Å². The number of anilines is 2. The molecule has 164 valence electrons. The van der Waals surface area contributed by atoms with Crippen molar-refractivity contribution in [3.63, 3.8) is 0 Å². The van der Waals surface area contributed by atoms with Crippen LogP contribution >= 0.6 is 0 Å². The molecule has 2 aliphatic heterocycles. The first-order chi connectivity index (χ1) is 15.7. The van der Waals surface area contributed by atoms with Gasteiger partial charge in [-0.05, 0) is 36.8 Å². The van der Waals surface area contributed by atoms with Crippen LogP contribution in [0.4, 0.5) is 11.4 Å². The second-order valence-corrected chi connectivity index (χ2v) is 8.66. The molecule has 1 amide bonds. The second-order valence-electron chi connectivity index (χ2n) is 8.66. The van der Waals surface area contributed by atoms with E-state index in [9.17, 15) is 4.79 Å². The Morgan fingerprint density at radius 3 is 2.25 bits per heavy atom. The molecule has 5 rings (SSSR count). The van der Waals surface area contributed by atoms with Gasteiger partial charge in [-0.2, -0.15) is 0 Å². The molecule has 0 aliphatic carbocycles. The molecule has 0 saturated carbocycles. The molecule has 1 unspecified atom stereocenters. The average molecular weight is 427 g/mol. The summed E-state index contributed by atoms with van der Waals surface area (Å²) in [5.41, 5.74) is 5.42. The highest BCUT2D eigenvalue weighted by molar-refractivity contribution is 6.02. The zero-order valence-corrected chi connectivity index (χ0v) is 18.6. The van der Waals surface area contributed by atoms with Crippen LogP contribution in [-0.4, -0.2) is 50.1 Å². The molecule has 0 aromatic heterocycles. The number of amides is 1. The van der Waals surface area contributed by atoms with Crippen molar-refractivity contribution in [2.24, 2.45) is 0 Å². The first kappa shape index (κ1) is 20.6. The number of hydrogen-bond acceptors (Lipinski definition) is 4. The van der Waals surface area contributed by atoms with Gasteiger partial charge in [-0.15, -0.1) is 0 Å². The van der Waals surface area contributed by atoms with E-state index in [-0.39, 0.29) is 12.1 Å². The van der Waals surface area contributed by atoms with Gasteiger partial charge in [0.1, 0.15) is 6.17 Å². The Bertz CT molecular complexity index is 1060. The fourth-order valence-electron chi connectivity index (χ4n) is 4.71. The first-order valence-corrected chi connectivity index (χ1v) is 11.4. The van der Waals surface area contributed by atoms with Crippen molar-refractivity contribution in [1.82, 2.24) is 10.2 Å². The molecule has 5 nitrogen and oxygen atoms in total. The van der Waals surface area contributed by atoms with Crippen LogP contribution in [0.1, 0.15) is 27.7 Å². The molecule has 3 aromatic carbocycles. The smallest absolute Gasteiger partial charge is 0.255 e. The summed E-state index contributed by atoms with van der Waals surface area (Å²) in [6.07, 6.45) is -0.149. The Morgan fingerprint density at radius 1 is 0.812 bits per heavy atom. The number of nitrogens with one attached hydrogen (secondary N) is 1. The number of carbonyl (C=O) groups excluding carboxylic acids is 1.